The number of rotatable bonds is 6. The van der Waals surface area contributed by atoms with Crippen molar-refractivity contribution >= 4 is 49.6 Å². The van der Waals surface area contributed by atoms with Crippen LogP contribution in [0.3, 0.4) is 0 Å². The number of nitrogens with one attached hydrogen (secondary N) is 2. The SMILES string of the molecule is CCC(C)S(=O)(=O)Nc1ccc(F)c(Nc2ccc3ncn(C)c(=O)c3c2C)c1Cl. The summed E-state index contributed by atoms with van der Waals surface area (Å²) in [7, 11) is -2.08. The van der Waals surface area contributed by atoms with Gasteiger partial charge in [0.1, 0.15) is 5.82 Å². The van der Waals surface area contributed by atoms with Crippen molar-refractivity contribution in [2.75, 3.05) is 10.0 Å². The Morgan fingerprint density at radius 3 is 2.57 bits per heavy atom. The van der Waals surface area contributed by atoms with Crippen LogP contribution in [-0.2, 0) is 17.1 Å². The van der Waals surface area contributed by atoms with Crippen LogP contribution in [0.2, 0.25) is 5.02 Å². The van der Waals surface area contributed by atoms with E-state index in [-0.39, 0.29) is 22.0 Å². The van der Waals surface area contributed by atoms with E-state index in [0.29, 0.717) is 28.6 Å². The molecule has 0 radical (unpaired) electrons. The molecule has 2 aromatic carbocycles. The van der Waals surface area contributed by atoms with E-state index < -0.39 is 21.1 Å². The number of sulfonamides is 1. The fourth-order valence-electron chi connectivity index (χ4n) is 2.94. The van der Waals surface area contributed by atoms with Gasteiger partial charge in [0.25, 0.3) is 5.56 Å². The molecule has 0 aliphatic rings. The van der Waals surface area contributed by atoms with Gasteiger partial charge in [0.2, 0.25) is 10.0 Å². The number of fused-ring (bicyclic) bond motifs is 1. The standard InChI is InChI=1S/C20H22ClFN4O3S/c1-5-11(2)30(28,29)25-16-7-6-13(22)19(18(16)21)24-14-8-9-15-17(12(14)3)20(27)26(4)10-23-15/h6-11,24-25H,5H2,1-4H3. The zero-order chi connectivity index (χ0) is 22.2. The first-order valence-electron chi connectivity index (χ1n) is 9.28. The van der Waals surface area contributed by atoms with Crippen LogP contribution in [0, 0.1) is 12.7 Å². The molecule has 10 heteroatoms. The van der Waals surface area contributed by atoms with Gasteiger partial charge in [0.15, 0.2) is 0 Å². The normalized spacial score (nSPS) is 12.7. The quantitative estimate of drug-likeness (QED) is 0.581. The molecule has 1 aromatic heterocycles. The molecular weight excluding hydrogens is 431 g/mol. The number of aromatic nitrogens is 2. The van der Waals surface area contributed by atoms with Crippen molar-refractivity contribution in [2.24, 2.45) is 7.05 Å². The third kappa shape index (κ3) is 3.99. The molecule has 7 nitrogen and oxygen atoms in total. The minimum absolute atomic E-state index is 0.0666. The molecule has 1 unspecified atom stereocenters. The summed E-state index contributed by atoms with van der Waals surface area (Å²) in [5.41, 5.74) is 1.28. The van der Waals surface area contributed by atoms with E-state index in [1.165, 1.54) is 17.0 Å². The van der Waals surface area contributed by atoms with Crippen molar-refractivity contribution in [3.63, 3.8) is 0 Å². The fourth-order valence-corrected chi connectivity index (χ4v) is 4.36. The molecule has 3 rings (SSSR count). The third-order valence-corrected chi connectivity index (χ3v) is 7.34. The predicted octanol–water partition coefficient (Wildman–Crippen LogP) is 4.32. The van der Waals surface area contributed by atoms with Gasteiger partial charge in [-0.1, -0.05) is 18.5 Å². The Morgan fingerprint density at radius 2 is 1.90 bits per heavy atom. The lowest BCUT2D eigenvalue weighted by molar-refractivity contribution is 0.586. The lowest BCUT2D eigenvalue weighted by Gasteiger charge is -2.18. The van der Waals surface area contributed by atoms with E-state index in [9.17, 15) is 17.6 Å². The van der Waals surface area contributed by atoms with Crippen LogP contribution in [0.25, 0.3) is 10.9 Å². The molecular formula is C20H22ClFN4O3S. The van der Waals surface area contributed by atoms with Crippen molar-refractivity contribution < 1.29 is 12.8 Å². The van der Waals surface area contributed by atoms with E-state index in [2.05, 4.69) is 15.0 Å². The third-order valence-electron chi connectivity index (χ3n) is 5.05. The van der Waals surface area contributed by atoms with Gasteiger partial charge in [0.05, 0.1) is 38.9 Å². The molecule has 1 atom stereocenters. The van der Waals surface area contributed by atoms with Crippen molar-refractivity contribution in [1.82, 2.24) is 9.55 Å². The number of halogens is 2. The van der Waals surface area contributed by atoms with Gasteiger partial charge in [-0.2, -0.15) is 0 Å². The molecule has 0 spiro atoms. The molecule has 0 amide bonds. The number of anilines is 3. The highest BCUT2D eigenvalue weighted by Crippen LogP contribution is 2.37. The van der Waals surface area contributed by atoms with Crippen LogP contribution in [0.1, 0.15) is 25.8 Å². The van der Waals surface area contributed by atoms with Crippen LogP contribution >= 0.6 is 11.6 Å². The van der Waals surface area contributed by atoms with E-state index in [1.807, 2.05) is 0 Å². The van der Waals surface area contributed by atoms with Crippen LogP contribution < -0.4 is 15.6 Å². The fraction of sp³-hybridized carbons (Fsp3) is 0.300. The van der Waals surface area contributed by atoms with Gasteiger partial charge < -0.3 is 9.88 Å². The molecule has 2 N–H and O–H groups in total. The van der Waals surface area contributed by atoms with E-state index in [0.717, 1.165) is 6.07 Å². The molecule has 30 heavy (non-hydrogen) atoms. The molecule has 160 valence electrons. The number of nitrogens with zero attached hydrogens (tertiary/aromatic N) is 2. The van der Waals surface area contributed by atoms with Crippen molar-refractivity contribution in [3.8, 4) is 0 Å². The maximum atomic E-state index is 14.6. The van der Waals surface area contributed by atoms with Crippen LogP contribution in [0.15, 0.2) is 35.4 Å². The summed E-state index contributed by atoms with van der Waals surface area (Å²) in [6.07, 6.45) is 1.85. The van der Waals surface area contributed by atoms with Crippen molar-refractivity contribution in [2.45, 2.75) is 32.4 Å². The maximum Gasteiger partial charge on any atom is 0.261 e. The number of benzene rings is 2. The average Bonchev–Trinajstić information content (AvgIpc) is 2.70. The number of hydrogen-bond donors (Lipinski definition) is 2. The Hall–Kier alpha value is -2.65. The molecule has 1 heterocycles. The summed E-state index contributed by atoms with van der Waals surface area (Å²) in [5, 5.41) is 2.55. The lowest BCUT2D eigenvalue weighted by Crippen LogP contribution is -2.24. The van der Waals surface area contributed by atoms with E-state index in [4.69, 9.17) is 11.6 Å². The first kappa shape index (κ1) is 22.0. The second kappa shape index (κ2) is 8.23. The van der Waals surface area contributed by atoms with Gasteiger partial charge in [-0.15, -0.1) is 0 Å². The molecule has 0 aliphatic heterocycles. The second-order valence-electron chi connectivity index (χ2n) is 7.07. The largest absolute Gasteiger partial charge is 0.352 e. The highest BCUT2D eigenvalue weighted by Gasteiger charge is 2.22. The predicted molar refractivity (Wildman–Crippen MR) is 119 cm³/mol. The van der Waals surface area contributed by atoms with Gasteiger partial charge in [-0.3, -0.25) is 9.52 Å². The van der Waals surface area contributed by atoms with Gasteiger partial charge in [-0.25, -0.2) is 17.8 Å². The summed E-state index contributed by atoms with van der Waals surface area (Å²) < 4.78 is 43.1. The second-order valence-corrected chi connectivity index (χ2v) is 9.54. The maximum absolute atomic E-state index is 14.6. The molecule has 0 saturated carbocycles. The molecule has 3 aromatic rings. The Morgan fingerprint density at radius 1 is 1.23 bits per heavy atom. The summed E-state index contributed by atoms with van der Waals surface area (Å²) in [5.74, 6) is -0.662. The zero-order valence-corrected chi connectivity index (χ0v) is 18.5. The van der Waals surface area contributed by atoms with Gasteiger partial charge in [0, 0.05) is 12.7 Å². The Labute approximate surface area is 178 Å². The number of hydrogen-bond acceptors (Lipinski definition) is 5. The highest BCUT2D eigenvalue weighted by molar-refractivity contribution is 7.93. The zero-order valence-electron chi connectivity index (χ0n) is 17.0. The van der Waals surface area contributed by atoms with Gasteiger partial charge in [-0.05, 0) is 50.1 Å². The smallest absolute Gasteiger partial charge is 0.261 e. The summed E-state index contributed by atoms with van der Waals surface area (Å²) in [6, 6.07) is 5.71. The molecule has 0 aliphatic carbocycles. The molecule has 0 saturated heterocycles. The number of aryl methyl sites for hydroxylation is 2. The van der Waals surface area contributed by atoms with Crippen LogP contribution in [0.5, 0.6) is 0 Å². The Bertz CT molecular complexity index is 1290. The summed E-state index contributed by atoms with van der Waals surface area (Å²) in [6.45, 7) is 5.05. The first-order chi connectivity index (χ1) is 14.1. The van der Waals surface area contributed by atoms with Crippen LogP contribution in [-0.4, -0.2) is 23.2 Å². The first-order valence-corrected chi connectivity index (χ1v) is 11.2. The average molecular weight is 453 g/mol. The minimum atomic E-state index is -3.67. The molecule has 0 fully saturated rings. The van der Waals surface area contributed by atoms with E-state index in [1.54, 1.807) is 40.0 Å². The minimum Gasteiger partial charge on any atom is -0.352 e. The Kier molecular flexibility index (Phi) is 6.05. The van der Waals surface area contributed by atoms with Crippen LogP contribution in [0.4, 0.5) is 21.5 Å². The topological polar surface area (TPSA) is 93.1 Å². The van der Waals surface area contributed by atoms with E-state index >= 15 is 0 Å². The highest BCUT2D eigenvalue weighted by atomic mass is 35.5. The monoisotopic (exact) mass is 452 g/mol. The molecule has 0 bridgehead atoms. The van der Waals surface area contributed by atoms with Crippen molar-refractivity contribution in [3.05, 3.63) is 57.3 Å². The Balaban J connectivity index is 2.07. The summed E-state index contributed by atoms with van der Waals surface area (Å²) in [4.78, 5) is 16.7. The van der Waals surface area contributed by atoms with Gasteiger partial charge >= 0.3 is 0 Å². The lowest BCUT2D eigenvalue weighted by atomic mass is 10.1. The van der Waals surface area contributed by atoms with Crippen molar-refractivity contribution in [1.29, 1.82) is 0 Å². The summed E-state index contributed by atoms with van der Waals surface area (Å²) >= 11 is 6.34.